The van der Waals surface area contributed by atoms with Crippen LogP contribution in [0.1, 0.15) is 0 Å². The van der Waals surface area contributed by atoms with Crippen LogP contribution in [0.4, 0.5) is 0 Å². The van der Waals surface area contributed by atoms with Crippen molar-refractivity contribution < 1.29 is 9.68 Å². The molecule has 3 heteroatoms. The SMILES string of the molecule is OBOc1cccc2c(-c3cccc4ccccc34)c3ccccc3cc12. The van der Waals surface area contributed by atoms with Gasteiger partial charge in [-0.2, -0.15) is 0 Å². The van der Waals surface area contributed by atoms with E-state index >= 15 is 0 Å². The molecule has 0 radical (unpaired) electrons. The fraction of sp³-hybridized carbons (Fsp3) is 0. The van der Waals surface area contributed by atoms with E-state index in [9.17, 15) is 5.02 Å². The van der Waals surface area contributed by atoms with Gasteiger partial charge in [0, 0.05) is 5.39 Å². The van der Waals surface area contributed by atoms with Gasteiger partial charge in [0.05, 0.1) is 0 Å². The molecule has 0 saturated carbocycles. The quantitative estimate of drug-likeness (QED) is 0.347. The van der Waals surface area contributed by atoms with Crippen LogP contribution in [0.5, 0.6) is 5.75 Å². The standard InChI is InChI=1S/C24H17BO2/c26-25-27-23-14-6-13-21-22(23)15-17-8-2-4-11-19(17)24(21)20-12-5-9-16-7-1-3-10-18(16)20/h1-15,25-26H. The number of rotatable bonds is 3. The van der Waals surface area contributed by atoms with Crippen LogP contribution >= 0.6 is 0 Å². The molecule has 0 aromatic heterocycles. The molecule has 2 nitrogen and oxygen atoms in total. The third-order valence-corrected chi connectivity index (χ3v) is 5.14. The van der Waals surface area contributed by atoms with Crippen LogP contribution in [-0.2, 0) is 0 Å². The first-order chi connectivity index (χ1) is 13.4. The molecule has 5 aromatic rings. The summed E-state index contributed by atoms with van der Waals surface area (Å²) in [4.78, 5) is 0. The van der Waals surface area contributed by atoms with E-state index in [-0.39, 0.29) is 7.69 Å². The summed E-state index contributed by atoms with van der Waals surface area (Å²) in [6.07, 6.45) is 0. The zero-order valence-corrected chi connectivity index (χ0v) is 14.7. The van der Waals surface area contributed by atoms with E-state index in [1.807, 2.05) is 12.1 Å². The van der Waals surface area contributed by atoms with Gasteiger partial charge in [-0.25, -0.2) is 0 Å². The monoisotopic (exact) mass is 348 g/mol. The molecule has 5 rings (SSSR count). The van der Waals surface area contributed by atoms with Crippen molar-refractivity contribution in [2.45, 2.75) is 0 Å². The van der Waals surface area contributed by atoms with Crippen molar-refractivity contribution in [3.8, 4) is 16.9 Å². The Balaban J connectivity index is 1.99. The van der Waals surface area contributed by atoms with Crippen LogP contribution in [-0.4, -0.2) is 12.7 Å². The Morgan fingerprint density at radius 1 is 0.593 bits per heavy atom. The van der Waals surface area contributed by atoms with Gasteiger partial charge in [-0.3, -0.25) is 0 Å². The highest BCUT2D eigenvalue weighted by atomic mass is 16.5. The summed E-state index contributed by atoms with van der Waals surface area (Å²) in [5.74, 6) is 0.697. The lowest BCUT2D eigenvalue weighted by Gasteiger charge is -2.16. The van der Waals surface area contributed by atoms with Gasteiger partial charge in [0.25, 0.3) is 0 Å². The van der Waals surface area contributed by atoms with E-state index in [2.05, 4.69) is 78.9 Å². The van der Waals surface area contributed by atoms with Gasteiger partial charge < -0.3 is 9.68 Å². The molecular formula is C24H17BO2. The van der Waals surface area contributed by atoms with Gasteiger partial charge >= 0.3 is 7.69 Å². The minimum absolute atomic E-state index is 0.338. The first kappa shape index (κ1) is 15.9. The largest absolute Gasteiger partial charge is 0.538 e. The second-order valence-corrected chi connectivity index (χ2v) is 6.62. The Hall–Kier alpha value is -3.30. The summed E-state index contributed by atoms with van der Waals surface area (Å²) in [7, 11) is -0.338. The molecule has 0 saturated heterocycles. The first-order valence-corrected chi connectivity index (χ1v) is 9.03. The number of hydrogen-bond donors (Lipinski definition) is 1. The van der Waals surface area contributed by atoms with Crippen LogP contribution in [0.25, 0.3) is 43.4 Å². The summed E-state index contributed by atoms with van der Waals surface area (Å²) < 4.78 is 5.50. The van der Waals surface area contributed by atoms with Crippen molar-refractivity contribution in [2.24, 2.45) is 0 Å². The van der Waals surface area contributed by atoms with Crippen molar-refractivity contribution >= 4 is 40.0 Å². The number of fused-ring (bicyclic) bond motifs is 3. The fourth-order valence-electron chi connectivity index (χ4n) is 3.99. The molecule has 0 fully saturated rings. The second kappa shape index (κ2) is 6.46. The maximum atomic E-state index is 9.30. The molecule has 0 aliphatic rings. The lowest BCUT2D eigenvalue weighted by Crippen LogP contribution is -2.00. The minimum atomic E-state index is -0.338. The molecule has 0 spiro atoms. The maximum absolute atomic E-state index is 9.30. The Labute approximate surface area is 157 Å². The zero-order valence-electron chi connectivity index (χ0n) is 14.7. The molecular weight excluding hydrogens is 331 g/mol. The summed E-state index contributed by atoms with van der Waals surface area (Å²) in [6.45, 7) is 0. The van der Waals surface area contributed by atoms with Gasteiger partial charge in [-0.1, -0.05) is 78.9 Å². The Morgan fingerprint density at radius 2 is 1.26 bits per heavy atom. The summed E-state index contributed by atoms with van der Waals surface area (Å²) >= 11 is 0. The van der Waals surface area contributed by atoms with Crippen LogP contribution in [0.2, 0.25) is 0 Å². The highest BCUT2D eigenvalue weighted by Crippen LogP contribution is 2.41. The maximum Gasteiger partial charge on any atom is 0.504 e. The van der Waals surface area contributed by atoms with E-state index < -0.39 is 0 Å². The predicted octanol–water partition coefficient (Wildman–Crippen LogP) is 5.45. The summed E-state index contributed by atoms with van der Waals surface area (Å²) in [6, 6.07) is 31.5. The van der Waals surface area contributed by atoms with Crippen LogP contribution in [0.15, 0.2) is 91.0 Å². The van der Waals surface area contributed by atoms with Gasteiger partial charge in [0.2, 0.25) is 0 Å². The van der Waals surface area contributed by atoms with Crippen LogP contribution in [0.3, 0.4) is 0 Å². The van der Waals surface area contributed by atoms with Crippen molar-refractivity contribution in [3.63, 3.8) is 0 Å². The smallest absolute Gasteiger partial charge is 0.504 e. The van der Waals surface area contributed by atoms with Crippen molar-refractivity contribution in [1.82, 2.24) is 0 Å². The summed E-state index contributed by atoms with van der Waals surface area (Å²) in [5.41, 5.74) is 2.40. The molecule has 1 N–H and O–H groups in total. The first-order valence-electron chi connectivity index (χ1n) is 9.03. The molecule has 0 aliphatic heterocycles. The van der Waals surface area contributed by atoms with Gasteiger partial charge in [-0.15, -0.1) is 0 Å². The van der Waals surface area contributed by atoms with E-state index in [1.54, 1.807) is 0 Å². The van der Waals surface area contributed by atoms with E-state index in [0.717, 1.165) is 16.2 Å². The predicted molar refractivity (Wildman–Crippen MR) is 114 cm³/mol. The third-order valence-electron chi connectivity index (χ3n) is 5.14. The third kappa shape index (κ3) is 2.56. The Bertz CT molecular complexity index is 1290. The lowest BCUT2D eigenvalue weighted by molar-refractivity contribution is 0.457. The Morgan fingerprint density at radius 3 is 2.11 bits per heavy atom. The molecule has 0 atom stereocenters. The molecule has 0 heterocycles. The Kier molecular flexibility index (Phi) is 3.81. The van der Waals surface area contributed by atoms with Gasteiger partial charge in [-0.05, 0) is 50.2 Å². The molecule has 0 aliphatic carbocycles. The van der Waals surface area contributed by atoms with E-state index in [0.29, 0.717) is 5.75 Å². The van der Waals surface area contributed by atoms with E-state index in [1.165, 1.54) is 27.3 Å². The molecule has 27 heavy (non-hydrogen) atoms. The average molecular weight is 348 g/mol. The highest BCUT2D eigenvalue weighted by Gasteiger charge is 2.14. The average Bonchev–Trinajstić information content (AvgIpc) is 2.72. The van der Waals surface area contributed by atoms with Gasteiger partial charge in [0.15, 0.2) is 0 Å². The topological polar surface area (TPSA) is 29.5 Å². The highest BCUT2D eigenvalue weighted by molar-refractivity contribution is 6.20. The van der Waals surface area contributed by atoms with E-state index in [4.69, 9.17) is 4.65 Å². The molecule has 0 amide bonds. The molecule has 5 aromatic carbocycles. The van der Waals surface area contributed by atoms with Gasteiger partial charge in [0.1, 0.15) is 5.75 Å². The van der Waals surface area contributed by atoms with Crippen LogP contribution in [0, 0.1) is 0 Å². The number of benzene rings is 5. The molecule has 128 valence electrons. The van der Waals surface area contributed by atoms with Crippen LogP contribution < -0.4 is 4.65 Å². The molecule has 0 unspecified atom stereocenters. The van der Waals surface area contributed by atoms with Crippen molar-refractivity contribution in [3.05, 3.63) is 91.0 Å². The zero-order chi connectivity index (χ0) is 18.2. The fourth-order valence-corrected chi connectivity index (χ4v) is 3.99. The summed E-state index contributed by atoms with van der Waals surface area (Å²) in [5, 5.41) is 16.2. The van der Waals surface area contributed by atoms with Crippen molar-refractivity contribution in [1.29, 1.82) is 0 Å². The second-order valence-electron chi connectivity index (χ2n) is 6.62. The van der Waals surface area contributed by atoms with Crippen molar-refractivity contribution in [2.75, 3.05) is 0 Å². The number of hydrogen-bond acceptors (Lipinski definition) is 2. The molecule has 0 bridgehead atoms. The normalized spacial score (nSPS) is 11.1. The lowest BCUT2D eigenvalue weighted by atomic mass is 9.89. The minimum Gasteiger partial charge on any atom is -0.538 e.